The van der Waals surface area contributed by atoms with Crippen molar-refractivity contribution in [2.75, 3.05) is 6.54 Å². The highest BCUT2D eigenvalue weighted by atomic mass is 16.6. The summed E-state index contributed by atoms with van der Waals surface area (Å²) in [5.41, 5.74) is 1.29. The van der Waals surface area contributed by atoms with Gasteiger partial charge in [0.2, 0.25) is 0 Å². The fraction of sp³-hybridized carbons (Fsp3) is 0.471. The van der Waals surface area contributed by atoms with Gasteiger partial charge in [-0.25, -0.2) is 4.79 Å². The van der Waals surface area contributed by atoms with Crippen molar-refractivity contribution in [3.05, 3.63) is 48.2 Å². The number of ether oxygens (including phenoxy) is 2. The number of amides is 1. The quantitative estimate of drug-likeness (QED) is 0.851. The third-order valence-corrected chi connectivity index (χ3v) is 3.24. The summed E-state index contributed by atoms with van der Waals surface area (Å²) < 4.78 is 11.2. The lowest BCUT2D eigenvalue weighted by atomic mass is 10.2. The Kier molecular flexibility index (Phi) is 4.68. The molecule has 1 aliphatic rings. The molecule has 4 heteroatoms. The molecular weight excluding hydrogens is 266 g/mol. The summed E-state index contributed by atoms with van der Waals surface area (Å²) in [5, 5.41) is 0. The van der Waals surface area contributed by atoms with Gasteiger partial charge in [-0.15, -0.1) is 0 Å². The highest BCUT2D eigenvalue weighted by Gasteiger charge is 2.33. The zero-order valence-corrected chi connectivity index (χ0v) is 13.0. The van der Waals surface area contributed by atoms with E-state index in [4.69, 9.17) is 9.47 Å². The average molecular weight is 289 g/mol. The minimum Gasteiger partial charge on any atom is -0.443 e. The minimum absolute atomic E-state index is 0.127. The maximum atomic E-state index is 12.1. The molecule has 21 heavy (non-hydrogen) atoms. The van der Waals surface area contributed by atoms with Gasteiger partial charge in [-0.05, 0) is 32.8 Å². The van der Waals surface area contributed by atoms with E-state index in [1.54, 1.807) is 4.90 Å². The normalized spacial score (nSPS) is 18.9. The van der Waals surface area contributed by atoms with Crippen LogP contribution in [0.4, 0.5) is 4.79 Å². The van der Waals surface area contributed by atoms with Crippen LogP contribution in [0.15, 0.2) is 42.6 Å². The summed E-state index contributed by atoms with van der Waals surface area (Å²) in [4.78, 5) is 13.6. The smallest absolute Gasteiger partial charge is 0.414 e. The Balaban J connectivity index is 1.88. The molecule has 4 nitrogen and oxygen atoms in total. The lowest BCUT2D eigenvalue weighted by Crippen LogP contribution is -2.34. The Hall–Kier alpha value is -1.81. The lowest BCUT2D eigenvalue weighted by Gasteiger charge is -2.25. The van der Waals surface area contributed by atoms with E-state index in [1.807, 2.05) is 51.1 Å². The van der Waals surface area contributed by atoms with Crippen LogP contribution in [-0.2, 0) is 16.1 Å². The standard InChI is InChI=1S/C17H23NO3/c1-13-15(20-12-14-8-6-5-7-9-14)10-11-18(13)16(19)21-17(2,3)4/h5-9,15H,1,10-12H2,2-4H3. The largest absolute Gasteiger partial charge is 0.443 e. The number of nitrogens with zero attached hydrogens (tertiary/aromatic N) is 1. The maximum Gasteiger partial charge on any atom is 0.414 e. The topological polar surface area (TPSA) is 38.8 Å². The second-order valence-corrected chi connectivity index (χ2v) is 6.20. The molecule has 1 atom stereocenters. The molecule has 1 aromatic carbocycles. The second kappa shape index (κ2) is 6.31. The van der Waals surface area contributed by atoms with Gasteiger partial charge in [-0.1, -0.05) is 36.9 Å². The molecule has 0 aliphatic carbocycles. The van der Waals surface area contributed by atoms with Gasteiger partial charge in [-0.3, -0.25) is 4.90 Å². The number of likely N-dealkylation sites (tertiary alicyclic amines) is 1. The third kappa shape index (κ3) is 4.33. The molecular formula is C17H23NO3. The number of benzene rings is 1. The van der Waals surface area contributed by atoms with Crippen molar-refractivity contribution in [3.8, 4) is 0 Å². The van der Waals surface area contributed by atoms with Crippen LogP contribution in [0.1, 0.15) is 32.8 Å². The monoisotopic (exact) mass is 289 g/mol. The predicted octanol–water partition coefficient (Wildman–Crippen LogP) is 3.73. The van der Waals surface area contributed by atoms with Crippen molar-refractivity contribution in [2.24, 2.45) is 0 Å². The van der Waals surface area contributed by atoms with Crippen LogP contribution in [0, 0.1) is 0 Å². The number of carbonyl (C=O) groups excluding carboxylic acids is 1. The van der Waals surface area contributed by atoms with Crippen molar-refractivity contribution in [1.82, 2.24) is 4.90 Å². The molecule has 2 rings (SSSR count). The van der Waals surface area contributed by atoms with Gasteiger partial charge in [0.05, 0.1) is 12.7 Å². The molecule has 1 saturated heterocycles. The molecule has 1 unspecified atom stereocenters. The molecule has 0 N–H and O–H groups in total. The van der Waals surface area contributed by atoms with E-state index >= 15 is 0 Å². The van der Waals surface area contributed by atoms with E-state index in [1.165, 1.54) is 0 Å². The van der Waals surface area contributed by atoms with Gasteiger partial charge in [-0.2, -0.15) is 0 Å². The Morgan fingerprint density at radius 3 is 2.62 bits per heavy atom. The zero-order valence-electron chi connectivity index (χ0n) is 13.0. The summed E-state index contributed by atoms with van der Waals surface area (Å²) in [6.45, 7) is 10.7. The minimum atomic E-state index is -0.500. The second-order valence-electron chi connectivity index (χ2n) is 6.20. The van der Waals surface area contributed by atoms with Crippen LogP contribution >= 0.6 is 0 Å². The predicted molar refractivity (Wildman–Crippen MR) is 81.7 cm³/mol. The summed E-state index contributed by atoms with van der Waals surface area (Å²) in [6, 6.07) is 9.97. The number of rotatable bonds is 3. The van der Waals surface area contributed by atoms with E-state index in [-0.39, 0.29) is 12.2 Å². The molecule has 1 heterocycles. The molecule has 1 fully saturated rings. The first-order chi connectivity index (χ1) is 9.87. The van der Waals surface area contributed by atoms with Crippen molar-refractivity contribution in [3.63, 3.8) is 0 Å². The van der Waals surface area contributed by atoms with Crippen LogP contribution in [0.25, 0.3) is 0 Å². The fourth-order valence-corrected chi connectivity index (χ4v) is 2.21. The van der Waals surface area contributed by atoms with Crippen LogP contribution in [0.2, 0.25) is 0 Å². The molecule has 0 spiro atoms. The van der Waals surface area contributed by atoms with Crippen LogP contribution in [0.5, 0.6) is 0 Å². The first-order valence-corrected chi connectivity index (χ1v) is 7.21. The van der Waals surface area contributed by atoms with Crippen LogP contribution in [0.3, 0.4) is 0 Å². The molecule has 1 aliphatic heterocycles. The van der Waals surface area contributed by atoms with E-state index in [0.717, 1.165) is 12.0 Å². The van der Waals surface area contributed by atoms with Gasteiger partial charge >= 0.3 is 6.09 Å². The lowest BCUT2D eigenvalue weighted by molar-refractivity contribution is 0.0305. The van der Waals surface area contributed by atoms with E-state index < -0.39 is 5.60 Å². The molecule has 0 radical (unpaired) electrons. The number of carbonyl (C=O) groups is 1. The first kappa shape index (κ1) is 15.6. The summed E-state index contributed by atoms with van der Waals surface area (Å²) in [7, 11) is 0. The van der Waals surface area contributed by atoms with E-state index in [9.17, 15) is 4.79 Å². The fourth-order valence-electron chi connectivity index (χ4n) is 2.21. The summed E-state index contributed by atoms with van der Waals surface area (Å²) in [5.74, 6) is 0. The molecule has 0 bridgehead atoms. The zero-order chi connectivity index (χ0) is 15.5. The number of hydrogen-bond acceptors (Lipinski definition) is 3. The Morgan fingerprint density at radius 2 is 2.00 bits per heavy atom. The van der Waals surface area contributed by atoms with Gasteiger partial charge in [0.15, 0.2) is 0 Å². The first-order valence-electron chi connectivity index (χ1n) is 7.21. The Morgan fingerprint density at radius 1 is 1.33 bits per heavy atom. The van der Waals surface area contributed by atoms with Crippen molar-refractivity contribution in [1.29, 1.82) is 0 Å². The number of hydrogen-bond donors (Lipinski definition) is 0. The SMILES string of the molecule is C=C1C(OCc2ccccc2)CCN1C(=O)OC(C)(C)C. The highest BCUT2D eigenvalue weighted by molar-refractivity contribution is 5.71. The molecule has 1 amide bonds. The van der Waals surface area contributed by atoms with Crippen molar-refractivity contribution in [2.45, 2.75) is 45.5 Å². The summed E-state index contributed by atoms with van der Waals surface area (Å²) in [6.07, 6.45) is 0.279. The van der Waals surface area contributed by atoms with Crippen LogP contribution < -0.4 is 0 Å². The molecule has 1 aromatic rings. The summed E-state index contributed by atoms with van der Waals surface area (Å²) >= 11 is 0. The molecule has 0 aromatic heterocycles. The Labute approximate surface area is 126 Å². The maximum absolute atomic E-state index is 12.1. The average Bonchev–Trinajstić information content (AvgIpc) is 2.77. The van der Waals surface area contributed by atoms with Crippen LogP contribution in [-0.4, -0.2) is 29.2 Å². The van der Waals surface area contributed by atoms with Crippen molar-refractivity contribution >= 4 is 6.09 Å². The van der Waals surface area contributed by atoms with Gasteiger partial charge in [0, 0.05) is 12.2 Å². The Bertz CT molecular complexity index is 505. The van der Waals surface area contributed by atoms with Gasteiger partial charge in [0.1, 0.15) is 5.60 Å². The van der Waals surface area contributed by atoms with E-state index in [2.05, 4.69) is 6.58 Å². The van der Waals surface area contributed by atoms with Crippen molar-refractivity contribution < 1.29 is 14.3 Å². The highest BCUT2D eigenvalue weighted by Crippen LogP contribution is 2.26. The molecule has 0 saturated carbocycles. The van der Waals surface area contributed by atoms with E-state index in [0.29, 0.717) is 18.8 Å². The van der Waals surface area contributed by atoms with Gasteiger partial charge < -0.3 is 9.47 Å². The third-order valence-electron chi connectivity index (χ3n) is 3.24. The molecule has 114 valence electrons. The van der Waals surface area contributed by atoms with Gasteiger partial charge in [0.25, 0.3) is 0 Å².